The molecule has 0 fully saturated rings. The molecule has 10 heteroatoms. The van der Waals surface area contributed by atoms with E-state index in [0.29, 0.717) is 16.8 Å². The normalized spacial score (nSPS) is 12.3. The summed E-state index contributed by atoms with van der Waals surface area (Å²) in [5, 5.41) is 2.11. The third kappa shape index (κ3) is 6.72. The van der Waals surface area contributed by atoms with Crippen molar-refractivity contribution in [2.24, 2.45) is 5.92 Å². The van der Waals surface area contributed by atoms with Gasteiger partial charge in [-0.2, -0.15) is 13.2 Å². The number of benzene rings is 2. The van der Waals surface area contributed by atoms with Crippen molar-refractivity contribution >= 4 is 23.2 Å². The first kappa shape index (κ1) is 27.4. The molecular formula is C27H26F3N3O4. The Hall–Kier alpha value is -4.21. The highest BCUT2D eigenvalue weighted by Crippen LogP contribution is 2.22. The monoisotopic (exact) mass is 513 g/mol. The molecule has 3 rings (SSSR count). The summed E-state index contributed by atoms with van der Waals surface area (Å²) in [6.07, 6.45) is -5.23. The van der Waals surface area contributed by atoms with Crippen molar-refractivity contribution in [3.8, 4) is 11.3 Å². The molecule has 0 saturated heterocycles. The van der Waals surface area contributed by atoms with E-state index in [9.17, 15) is 32.3 Å². The summed E-state index contributed by atoms with van der Waals surface area (Å²) in [5.74, 6) is -4.41. The number of carbonyl (C=O) groups is 3. The minimum Gasteiger partial charge on any atom is -0.399 e. The second-order valence-corrected chi connectivity index (χ2v) is 8.88. The van der Waals surface area contributed by atoms with Crippen molar-refractivity contribution < 1.29 is 27.6 Å². The predicted molar refractivity (Wildman–Crippen MR) is 133 cm³/mol. The number of amides is 1. The summed E-state index contributed by atoms with van der Waals surface area (Å²) < 4.78 is 40.1. The van der Waals surface area contributed by atoms with Crippen LogP contribution in [0.25, 0.3) is 11.3 Å². The van der Waals surface area contributed by atoms with Crippen molar-refractivity contribution in [2.75, 3.05) is 5.73 Å². The Balaban J connectivity index is 1.97. The van der Waals surface area contributed by atoms with Crippen LogP contribution in [0.15, 0.2) is 71.5 Å². The predicted octanol–water partition coefficient (Wildman–Crippen LogP) is 3.80. The Morgan fingerprint density at radius 3 is 2.14 bits per heavy atom. The van der Waals surface area contributed by atoms with Gasteiger partial charge in [0.1, 0.15) is 6.54 Å². The smallest absolute Gasteiger partial charge is 0.399 e. The molecule has 1 amide bonds. The fourth-order valence-electron chi connectivity index (χ4n) is 3.80. The Morgan fingerprint density at radius 1 is 0.946 bits per heavy atom. The first-order valence-electron chi connectivity index (χ1n) is 11.5. The molecular weight excluding hydrogens is 487 g/mol. The molecule has 0 radical (unpaired) electrons. The molecule has 3 aromatic rings. The van der Waals surface area contributed by atoms with Crippen LogP contribution in [0.3, 0.4) is 0 Å². The number of anilines is 1. The Bertz CT molecular complexity index is 1350. The maximum Gasteiger partial charge on any atom is 0.452 e. The second-order valence-electron chi connectivity index (χ2n) is 8.88. The lowest BCUT2D eigenvalue weighted by molar-refractivity contribution is -0.174. The largest absolute Gasteiger partial charge is 0.452 e. The van der Waals surface area contributed by atoms with Gasteiger partial charge in [0.05, 0.1) is 17.3 Å². The Kier molecular flexibility index (Phi) is 8.31. The highest BCUT2D eigenvalue weighted by Gasteiger charge is 2.45. The fourth-order valence-corrected chi connectivity index (χ4v) is 3.80. The number of hydrogen-bond acceptors (Lipinski definition) is 5. The van der Waals surface area contributed by atoms with Crippen LogP contribution in [0.4, 0.5) is 18.9 Å². The van der Waals surface area contributed by atoms with Gasteiger partial charge in [0, 0.05) is 12.1 Å². The highest BCUT2D eigenvalue weighted by atomic mass is 19.4. The van der Waals surface area contributed by atoms with Crippen LogP contribution in [0, 0.1) is 5.92 Å². The number of Topliss-reactive ketones (excluding diaryl/α,β-unsaturated/α-hetero) is 2. The van der Waals surface area contributed by atoms with Crippen molar-refractivity contribution in [1.82, 2.24) is 9.88 Å². The minimum atomic E-state index is -5.14. The van der Waals surface area contributed by atoms with E-state index in [0.717, 1.165) is 4.57 Å². The molecule has 1 unspecified atom stereocenters. The first-order chi connectivity index (χ1) is 17.4. The van der Waals surface area contributed by atoms with Crippen LogP contribution in [-0.2, 0) is 22.6 Å². The standard InChI is InChI=1S/C27H26F3N3O4/c1-16(2)24(25(36)27(28,29)30)32-23(35)15-33-21(18-6-4-3-5-7-18)13-12-20(26(33)37)22(34)14-17-8-10-19(31)11-9-17/h3-13,16,24H,14-15,31H2,1-2H3,(H,32,35). The Labute approximate surface area is 211 Å². The van der Waals surface area contributed by atoms with E-state index in [1.165, 1.54) is 26.0 Å². The number of nitrogens with zero attached hydrogens (tertiary/aromatic N) is 1. The van der Waals surface area contributed by atoms with Gasteiger partial charge in [0.2, 0.25) is 5.91 Å². The Morgan fingerprint density at radius 2 is 1.57 bits per heavy atom. The zero-order valence-electron chi connectivity index (χ0n) is 20.2. The van der Waals surface area contributed by atoms with E-state index in [1.807, 2.05) is 0 Å². The highest BCUT2D eigenvalue weighted by molar-refractivity contribution is 5.97. The van der Waals surface area contributed by atoms with Gasteiger partial charge in [-0.3, -0.25) is 23.7 Å². The number of pyridine rings is 1. The number of aromatic nitrogens is 1. The SMILES string of the molecule is CC(C)C(NC(=O)Cn1c(-c2ccccc2)ccc(C(=O)Cc2ccc(N)cc2)c1=O)C(=O)C(F)(F)F. The van der Waals surface area contributed by atoms with E-state index in [2.05, 4.69) is 5.32 Å². The zero-order chi connectivity index (χ0) is 27.3. The van der Waals surface area contributed by atoms with E-state index < -0.39 is 47.7 Å². The molecule has 7 nitrogen and oxygen atoms in total. The quantitative estimate of drug-likeness (QED) is 0.334. The molecule has 1 atom stereocenters. The second kappa shape index (κ2) is 11.2. The van der Waals surface area contributed by atoms with Gasteiger partial charge in [0.15, 0.2) is 5.78 Å². The third-order valence-electron chi connectivity index (χ3n) is 5.74. The third-order valence-corrected chi connectivity index (χ3v) is 5.74. The number of alkyl halides is 3. The summed E-state index contributed by atoms with van der Waals surface area (Å²) in [4.78, 5) is 51.0. The molecule has 0 aliphatic carbocycles. The zero-order valence-corrected chi connectivity index (χ0v) is 20.2. The van der Waals surface area contributed by atoms with Crippen LogP contribution >= 0.6 is 0 Å². The van der Waals surface area contributed by atoms with E-state index in [4.69, 9.17) is 5.73 Å². The number of halogens is 3. The topological polar surface area (TPSA) is 111 Å². The molecule has 37 heavy (non-hydrogen) atoms. The van der Waals surface area contributed by atoms with Crippen LogP contribution in [0.1, 0.15) is 29.8 Å². The number of carbonyl (C=O) groups excluding carboxylic acids is 3. The summed E-state index contributed by atoms with van der Waals surface area (Å²) in [5.41, 5.74) is 6.68. The molecule has 0 aliphatic heterocycles. The van der Waals surface area contributed by atoms with Crippen LogP contribution in [-0.4, -0.2) is 34.3 Å². The van der Waals surface area contributed by atoms with Gasteiger partial charge in [-0.1, -0.05) is 56.3 Å². The molecule has 0 aliphatic rings. The minimum absolute atomic E-state index is 0.0953. The number of ketones is 2. The number of nitrogens with one attached hydrogen (secondary N) is 1. The van der Waals surface area contributed by atoms with Gasteiger partial charge in [-0.15, -0.1) is 0 Å². The van der Waals surface area contributed by atoms with Crippen molar-refractivity contribution in [3.05, 3.63) is 88.2 Å². The molecule has 0 saturated carbocycles. The molecule has 1 aromatic heterocycles. The van der Waals surface area contributed by atoms with Gasteiger partial charge in [-0.25, -0.2) is 0 Å². The van der Waals surface area contributed by atoms with Gasteiger partial charge >= 0.3 is 6.18 Å². The number of nitrogen functional groups attached to an aromatic ring is 1. The number of hydrogen-bond donors (Lipinski definition) is 2. The lowest BCUT2D eigenvalue weighted by Gasteiger charge is -2.23. The lowest BCUT2D eigenvalue weighted by Crippen LogP contribution is -2.51. The maximum atomic E-state index is 13.4. The molecule has 2 aromatic carbocycles. The molecule has 3 N–H and O–H groups in total. The van der Waals surface area contributed by atoms with Gasteiger partial charge in [0.25, 0.3) is 11.3 Å². The molecule has 194 valence electrons. The van der Waals surface area contributed by atoms with Crippen molar-refractivity contribution in [3.63, 3.8) is 0 Å². The molecule has 1 heterocycles. The average Bonchev–Trinajstić information content (AvgIpc) is 2.84. The van der Waals surface area contributed by atoms with Gasteiger partial charge in [-0.05, 0) is 41.3 Å². The van der Waals surface area contributed by atoms with E-state index in [-0.39, 0.29) is 17.7 Å². The van der Waals surface area contributed by atoms with E-state index in [1.54, 1.807) is 54.6 Å². The van der Waals surface area contributed by atoms with Crippen LogP contribution in [0.5, 0.6) is 0 Å². The van der Waals surface area contributed by atoms with Crippen molar-refractivity contribution in [1.29, 1.82) is 0 Å². The van der Waals surface area contributed by atoms with Crippen LogP contribution < -0.4 is 16.6 Å². The first-order valence-corrected chi connectivity index (χ1v) is 11.5. The number of nitrogens with two attached hydrogens (primary N) is 1. The van der Waals surface area contributed by atoms with Crippen LogP contribution in [0.2, 0.25) is 0 Å². The maximum absolute atomic E-state index is 13.4. The summed E-state index contributed by atoms with van der Waals surface area (Å²) in [6, 6.07) is 16.1. The van der Waals surface area contributed by atoms with E-state index >= 15 is 0 Å². The average molecular weight is 514 g/mol. The lowest BCUT2D eigenvalue weighted by atomic mass is 9.99. The number of rotatable bonds is 9. The summed E-state index contributed by atoms with van der Waals surface area (Å²) in [7, 11) is 0. The van der Waals surface area contributed by atoms with Crippen molar-refractivity contribution in [2.45, 2.75) is 39.0 Å². The fraction of sp³-hybridized carbons (Fsp3) is 0.259. The summed E-state index contributed by atoms with van der Waals surface area (Å²) >= 11 is 0. The van der Waals surface area contributed by atoms with Gasteiger partial charge < -0.3 is 11.1 Å². The summed E-state index contributed by atoms with van der Waals surface area (Å²) in [6.45, 7) is 2.04. The molecule has 0 spiro atoms. The molecule has 0 bridgehead atoms.